The minimum Gasteiger partial charge on any atom is -0.507 e. The second-order valence-electron chi connectivity index (χ2n) is 10.7. The van der Waals surface area contributed by atoms with Crippen molar-refractivity contribution in [1.82, 2.24) is 35.3 Å². The molecule has 2 saturated heterocycles. The molecule has 0 unspecified atom stereocenters. The lowest BCUT2D eigenvalue weighted by Gasteiger charge is -2.57. The molecule has 0 radical (unpaired) electrons. The summed E-state index contributed by atoms with van der Waals surface area (Å²) in [6.45, 7) is 4.20. The Morgan fingerprint density at radius 3 is 2.72 bits per heavy atom. The van der Waals surface area contributed by atoms with Gasteiger partial charge in [-0.25, -0.2) is 19.0 Å². The van der Waals surface area contributed by atoms with Crippen LogP contribution in [-0.4, -0.2) is 64.4 Å². The number of benzene rings is 1. The smallest absolute Gasteiger partial charge is 0.252 e. The topological polar surface area (TPSA) is 129 Å². The molecular formula is C25H28FN9O. The van der Waals surface area contributed by atoms with Crippen LogP contribution in [0.4, 0.5) is 10.3 Å². The van der Waals surface area contributed by atoms with Gasteiger partial charge in [-0.15, -0.1) is 15.3 Å². The molecule has 6 rings (SSSR count). The molecule has 2 bridgehead atoms. The highest BCUT2D eigenvalue weighted by Crippen LogP contribution is 2.46. The van der Waals surface area contributed by atoms with E-state index in [0.29, 0.717) is 29.3 Å². The van der Waals surface area contributed by atoms with E-state index in [1.165, 1.54) is 17.1 Å². The van der Waals surface area contributed by atoms with Crippen LogP contribution in [0.5, 0.6) is 5.75 Å². The average Bonchev–Trinajstić information content (AvgIpc) is 3.57. The Labute approximate surface area is 208 Å². The molecule has 3 aliphatic rings. The van der Waals surface area contributed by atoms with Crippen molar-refractivity contribution in [3.63, 3.8) is 0 Å². The Kier molecular flexibility index (Phi) is 5.19. The van der Waals surface area contributed by atoms with E-state index in [9.17, 15) is 5.11 Å². The fourth-order valence-corrected chi connectivity index (χ4v) is 6.01. The van der Waals surface area contributed by atoms with Gasteiger partial charge in [-0.05, 0) is 64.5 Å². The maximum absolute atomic E-state index is 16.0. The first-order valence-corrected chi connectivity index (χ1v) is 12.4. The summed E-state index contributed by atoms with van der Waals surface area (Å²) in [6.07, 6.45) is 7.51. The molecule has 2 N–H and O–H groups in total. The van der Waals surface area contributed by atoms with Crippen LogP contribution < -0.4 is 10.2 Å². The summed E-state index contributed by atoms with van der Waals surface area (Å²) in [4.78, 5) is 10.5. The lowest BCUT2D eigenvalue weighted by Crippen LogP contribution is -2.73. The van der Waals surface area contributed by atoms with Gasteiger partial charge in [-0.1, -0.05) is 0 Å². The number of aromatic nitrogens is 6. The predicted octanol–water partition coefficient (Wildman–Crippen LogP) is 3.07. The predicted molar refractivity (Wildman–Crippen MR) is 129 cm³/mol. The third-order valence-corrected chi connectivity index (χ3v) is 7.81. The molecular weight excluding hydrogens is 461 g/mol. The number of rotatable bonds is 5. The van der Waals surface area contributed by atoms with Gasteiger partial charge in [0.2, 0.25) is 5.95 Å². The first-order chi connectivity index (χ1) is 17.3. The summed E-state index contributed by atoms with van der Waals surface area (Å²) in [5.41, 5.74) is 0.764. The van der Waals surface area contributed by atoms with E-state index >= 15 is 4.39 Å². The summed E-state index contributed by atoms with van der Waals surface area (Å²) in [6, 6.07) is 6.73. The zero-order valence-electron chi connectivity index (χ0n) is 20.3. The van der Waals surface area contributed by atoms with Crippen LogP contribution in [0.3, 0.4) is 0 Å². The highest BCUT2D eigenvalue weighted by Gasteiger charge is 2.56. The van der Waals surface area contributed by atoms with Gasteiger partial charge in [-0.3, -0.25) is 0 Å². The van der Waals surface area contributed by atoms with E-state index in [4.69, 9.17) is 5.26 Å². The molecule has 186 valence electrons. The number of phenols is 1. The van der Waals surface area contributed by atoms with Crippen molar-refractivity contribution in [2.45, 2.75) is 81.7 Å². The number of alkyl halides is 1. The van der Waals surface area contributed by atoms with E-state index in [1.807, 2.05) is 13.0 Å². The molecule has 4 atom stereocenters. The molecule has 3 fully saturated rings. The first-order valence-electron chi connectivity index (χ1n) is 12.4. The van der Waals surface area contributed by atoms with Crippen molar-refractivity contribution in [2.24, 2.45) is 0 Å². The number of nitriles is 1. The quantitative estimate of drug-likeness (QED) is 0.555. The van der Waals surface area contributed by atoms with Crippen molar-refractivity contribution < 1.29 is 9.50 Å². The maximum Gasteiger partial charge on any atom is 0.252 e. The Morgan fingerprint density at radius 1 is 1.22 bits per heavy atom. The van der Waals surface area contributed by atoms with Gasteiger partial charge in [0.05, 0.1) is 17.9 Å². The minimum atomic E-state index is -1.04. The molecule has 1 aliphatic carbocycles. The number of nitrogens with one attached hydrogen (secondary N) is 1. The summed E-state index contributed by atoms with van der Waals surface area (Å²) in [5, 5.41) is 36.0. The van der Waals surface area contributed by atoms with Crippen molar-refractivity contribution in [3.8, 4) is 28.8 Å². The van der Waals surface area contributed by atoms with Crippen LogP contribution in [0.2, 0.25) is 0 Å². The second-order valence-corrected chi connectivity index (χ2v) is 10.7. The lowest BCUT2D eigenvalue weighted by atomic mass is 9.68. The van der Waals surface area contributed by atoms with Gasteiger partial charge < -0.3 is 15.3 Å². The number of nitrogens with zero attached hydrogens (tertiary/aromatic N) is 8. The number of phenolic OH excluding ortho intramolecular Hbond substituents is 1. The fraction of sp³-hybridized carbons (Fsp3) is 0.520. The van der Waals surface area contributed by atoms with Crippen molar-refractivity contribution in [2.75, 3.05) is 4.90 Å². The number of aromatic hydroxyl groups is 1. The molecule has 2 aliphatic heterocycles. The summed E-state index contributed by atoms with van der Waals surface area (Å²) in [7, 11) is 0. The van der Waals surface area contributed by atoms with Crippen molar-refractivity contribution >= 4 is 5.95 Å². The molecule has 1 aromatic carbocycles. The van der Waals surface area contributed by atoms with Gasteiger partial charge in [-0.2, -0.15) is 5.26 Å². The highest BCUT2D eigenvalue weighted by molar-refractivity contribution is 5.68. The molecule has 2 aromatic heterocycles. The second kappa shape index (κ2) is 8.20. The van der Waals surface area contributed by atoms with Crippen LogP contribution in [0, 0.1) is 11.3 Å². The van der Waals surface area contributed by atoms with Crippen LogP contribution >= 0.6 is 0 Å². The van der Waals surface area contributed by atoms with E-state index < -0.39 is 11.7 Å². The Morgan fingerprint density at radius 2 is 2.06 bits per heavy atom. The molecule has 10 nitrogen and oxygen atoms in total. The number of halogens is 1. The first kappa shape index (κ1) is 22.8. The maximum atomic E-state index is 16.0. The van der Waals surface area contributed by atoms with E-state index in [2.05, 4.69) is 42.4 Å². The van der Waals surface area contributed by atoms with Gasteiger partial charge in [0.1, 0.15) is 30.0 Å². The molecule has 3 aromatic rings. The Bertz CT molecular complexity index is 1330. The molecule has 1 saturated carbocycles. The van der Waals surface area contributed by atoms with Crippen molar-refractivity contribution in [1.29, 1.82) is 5.26 Å². The fourth-order valence-electron chi connectivity index (χ4n) is 6.01. The van der Waals surface area contributed by atoms with E-state index in [-0.39, 0.29) is 29.2 Å². The number of fused-ring (bicyclic) bond motifs is 2. The van der Waals surface area contributed by atoms with Crippen LogP contribution in [0.15, 0.2) is 30.7 Å². The summed E-state index contributed by atoms with van der Waals surface area (Å²) < 4.78 is 17.4. The van der Waals surface area contributed by atoms with E-state index in [1.54, 1.807) is 18.3 Å². The van der Waals surface area contributed by atoms with E-state index in [0.717, 1.165) is 32.1 Å². The number of piperidine rings is 2. The standard InChI is InChI=1S/C25H28FN9O/c1-24-8-3-9-25(2,33-24)22(26)19(11-24)35(15-4-5-15)23-28-13-18(30-31-23)17-7-6-16(10-20(17)36)34-14-29-21(12-27)32-34/h6-7,10,13-15,19,22,33,36H,3-5,8-9,11H2,1-2H3/t19-,22-,24-,25+/m1/s1. The molecule has 11 heteroatoms. The highest BCUT2D eigenvalue weighted by atomic mass is 19.1. The van der Waals surface area contributed by atoms with Gasteiger partial charge in [0.15, 0.2) is 0 Å². The molecule has 0 spiro atoms. The molecule has 4 heterocycles. The Balaban J connectivity index is 1.28. The van der Waals surface area contributed by atoms with Crippen LogP contribution in [-0.2, 0) is 0 Å². The normalized spacial score (nSPS) is 29.5. The van der Waals surface area contributed by atoms with Gasteiger partial charge in [0, 0.05) is 28.7 Å². The zero-order chi connectivity index (χ0) is 25.1. The minimum absolute atomic E-state index is 0.0275. The summed E-state index contributed by atoms with van der Waals surface area (Å²) in [5.74, 6) is 0.449. The van der Waals surface area contributed by atoms with Gasteiger partial charge >= 0.3 is 0 Å². The lowest BCUT2D eigenvalue weighted by molar-refractivity contribution is 0.0000874. The summed E-state index contributed by atoms with van der Waals surface area (Å²) >= 11 is 0. The number of hydrogen-bond acceptors (Lipinski definition) is 9. The average molecular weight is 490 g/mol. The van der Waals surface area contributed by atoms with Gasteiger partial charge in [0.25, 0.3) is 5.82 Å². The third-order valence-electron chi connectivity index (χ3n) is 7.81. The number of anilines is 1. The Hall–Kier alpha value is -3.65. The molecule has 0 amide bonds. The monoisotopic (exact) mass is 489 g/mol. The number of hydrogen-bond donors (Lipinski definition) is 2. The van der Waals surface area contributed by atoms with Crippen LogP contribution in [0.1, 0.15) is 58.2 Å². The molecule has 36 heavy (non-hydrogen) atoms. The zero-order valence-corrected chi connectivity index (χ0v) is 20.3. The largest absolute Gasteiger partial charge is 0.507 e. The van der Waals surface area contributed by atoms with Crippen LogP contribution in [0.25, 0.3) is 16.9 Å². The third kappa shape index (κ3) is 3.86. The SMILES string of the molecule is C[C@]12CCC[C@](C)(N1)[C@H](F)[C@H](N(c1ncc(-c3ccc(-n4cnc(C#N)n4)cc3O)nn1)C1CC1)C2. The van der Waals surface area contributed by atoms with Crippen molar-refractivity contribution in [3.05, 3.63) is 36.5 Å².